The second kappa shape index (κ2) is 8.51. The number of ether oxygens (including phenoxy) is 1. The van der Waals surface area contributed by atoms with Crippen LogP contribution in [-0.4, -0.2) is 38.1 Å². The van der Waals surface area contributed by atoms with Crippen molar-refractivity contribution in [2.75, 3.05) is 12.9 Å². The number of para-hydroxylation sites is 1. The lowest BCUT2D eigenvalue weighted by atomic mass is 10.2. The summed E-state index contributed by atoms with van der Waals surface area (Å²) in [5.41, 5.74) is 2.20. The Labute approximate surface area is 188 Å². The Bertz CT molecular complexity index is 1330. The number of rotatable bonds is 6. The molecule has 0 saturated heterocycles. The Hall–Kier alpha value is -3.59. The van der Waals surface area contributed by atoms with Crippen LogP contribution in [0.15, 0.2) is 70.7 Å². The molecule has 0 fully saturated rings. The van der Waals surface area contributed by atoms with Crippen LogP contribution in [0.3, 0.4) is 0 Å². The van der Waals surface area contributed by atoms with Crippen LogP contribution in [0.1, 0.15) is 18.0 Å². The number of thioether (sulfide) groups is 1. The van der Waals surface area contributed by atoms with Crippen LogP contribution in [0.4, 0.5) is 0 Å². The van der Waals surface area contributed by atoms with E-state index in [1.807, 2.05) is 54.6 Å². The summed E-state index contributed by atoms with van der Waals surface area (Å²) >= 11 is 1.49. The minimum atomic E-state index is -0.240. The molecular weight excluding hydrogens is 426 g/mol. The molecule has 162 valence electrons. The standard InChI is InChI=1S/C23H21N5O3S/c1-31-18-9-7-15(8-10-18)12-24-20(29)11-17-14-32-23-26-21-19(22(30)27(17)23)13-25-28(21)16-5-3-2-4-6-16/h2-10,13,17H,11-12,14H2,1H3,(H,24,29)/t17-/m1/s1. The van der Waals surface area contributed by atoms with E-state index in [4.69, 9.17) is 9.72 Å². The smallest absolute Gasteiger partial charge is 0.265 e. The highest BCUT2D eigenvalue weighted by molar-refractivity contribution is 7.99. The van der Waals surface area contributed by atoms with Crippen molar-refractivity contribution in [1.29, 1.82) is 0 Å². The van der Waals surface area contributed by atoms with Crippen molar-refractivity contribution in [2.24, 2.45) is 0 Å². The normalized spacial score (nSPS) is 15.0. The Morgan fingerprint density at radius 2 is 1.97 bits per heavy atom. The highest BCUT2D eigenvalue weighted by Crippen LogP contribution is 2.33. The molecule has 0 unspecified atom stereocenters. The molecule has 1 aliphatic rings. The molecule has 1 aliphatic heterocycles. The second-order valence-electron chi connectivity index (χ2n) is 7.49. The van der Waals surface area contributed by atoms with Crippen LogP contribution in [0.5, 0.6) is 5.75 Å². The van der Waals surface area contributed by atoms with Crippen molar-refractivity contribution in [3.05, 3.63) is 76.7 Å². The topological polar surface area (TPSA) is 91.0 Å². The summed E-state index contributed by atoms with van der Waals surface area (Å²) in [4.78, 5) is 30.5. The van der Waals surface area contributed by atoms with Gasteiger partial charge in [-0.2, -0.15) is 5.10 Å². The zero-order valence-electron chi connectivity index (χ0n) is 17.4. The molecule has 0 saturated carbocycles. The lowest BCUT2D eigenvalue weighted by Gasteiger charge is -2.13. The van der Waals surface area contributed by atoms with Gasteiger partial charge in [-0.05, 0) is 29.8 Å². The number of fused-ring (bicyclic) bond motifs is 2. The Kier molecular flexibility index (Phi) is 5.40. The lowest BCUT2D eigenvalue weighted by Crippen LogP contribution is -2.30. The van der Waals surface area contributed by atoms with Crippen LogP contribution in [0.25, 0.3) is 16.7 Å². The minimum Gasteiger partial charge on any atom is -0.497 e. The van der Waals surface area contributed by atoms with Gasteiger partial charge in [0.25, 0.3) is 5.56 Å². The lowest BCUT2D eigenvalue weighted by molar-refractivity contribution is -0.121. The third-order valence-electron chi connectivity index (χ3n) is 5.44. The van der Waals surface area contributed by atoms with Crippen molar-refractivity contribution < 1.29 is 9.53 Å². The molecule has 2 aromatic heterocycles. The maximum Gasteiger partial charge on any atom is 0.265 e. The molecule has 4 aromatic rings. The van der Waals surface area contributed by atoms with Crippen molar-refractivity contribution in [1.82, 2.24) is 24.6 Å². The molecule has 3 heterocycles. The quantitative estimate of drug-likeness (QED) is 0.457. The summed E-state index contributed by atoms with van der Waals surface area (Å²) in [6.07, 6.45) is 1.77. The van der Waals surface area contributed by atoms with E-state index in [0.29, 0.717) is 28.5 Å². The van der Waals surface area contributed by atoms with E-state index in [1.54, 1.807) is 22.6 Å². The zero-order chi connectivity index (χ0) is 22.1. The predicted octanol–water partition coefficient (Wildman–Crippen LogP) is 2.94. The van der Waals surface area contributed by atoms with Crippen LogP contribution in [0.2, 0.25) is 0 Å². The monoisotopic (exact) mass is 447 g/mol. The van der Waals surface area contributed by atoms with Crippen molar-refractivity contribution in [3.63, 3.8) is 0 Å². The molecule has 2 aromatic carbocycles. The molecular formula is C23H21N5O3S. The molecule has 0 aliphatic carbocycles. The molecule has 0 spiro atoms. The SMILES string of the molecule is COc1ccc(CNC(=O)C[C@@H]2CSc3nc4c(cnn4-c4ccccc4)c(=O)n32)cc1. The summed E-state index contributed by atoms with van der Waals surface area (Å²) in [5, 5.41) is 8.37. The van der Waals surface area contributed by atoms with Gasteiger partial charge < -0.3 is 10.1 Å². The summed E-state index contributed by atoms with van der Waals surface area (Å²) in [6.45, 7) is 0.422. The number of carbonyl (C=O) groups excluding carboxylic acids is 1. The summed E-state index contributed by atoms with van der Waals surface area (Å²) < 4.78 is 8.46. The molecule has 1 amide bonds. The highest BCUT2D eigenvalue weighted by atomic mass is 32.2. The molecule has 1 atom stereocenters. The van der Waals surface area contributed by atoms with Crippen molar-refractivity contribution in [2.45, 2.75) is 24.2 Å². The Balaban J connectivity index is 1.34. The van der Waals surface area contributed by atoms with Gasteiger partial charge >= 0.3 is 0 Å². The number of amides is 1. The van der Waals surface area contributed by atoms with Gasteiger partial charge in [-0.1, -0.05) is 42.1 Å². The Morgan fingerprint density at radius 3 is 2.72 bits per heavy atom. The second-order valence-corrected chi connectivity index (χ2v) is 8.48. The molecule has 5 rings (SSSR count). The number of hydrogen-bond donors (Lipinski definition) is 1. The number of aromatic nitrogens is 4. The molecule has 32 heavy (non-hydrogen) atoms. The molecule has 8 nitrogen and oxygen atoms in total. The van der Waals surface area contributed by atoms with E-state index in [2.05, 4.69) is 10.4 Å². The third-order valence-corrected chi connectivity index (χ3v) is 6.54. The van der Waals surface area contributed by atoms with E-state index < -0.39 is 0 Å². The first-order valence-corrected chi connectivity index (χ1v) is 11.2. The molecule has 1 N–H and O–H groups in total. The minimum absolute atomic E-state index is 0.105. The summed E-state index contributed by atoms with van der Waals surface area (Å²) in [7, 11) is 1.62. The van der Waals surface area contributed by atoms with Gasteiger partial charge in [0, 0.05) is 18.7 Å². The van der Waals surface area contributed by atoms with Gasteiger partial charge in [0.2, 0.25) is 5.91 Å². The van der Waals surface area contributed by atoms with Crippen LogP contribution in [-0.2, 0) is 11.3 Å². The maximum atomic E-state index is 13.2. The number of benzene rings is 2. The predicted molar refractivity (Wildman–Crippen MR) is 122 cm³/mol. The van der Waals surface area contributed by atoms with E-state index >= 15 is 0 Å². The van der Waals surface area contributed by atoms with Crippen LogP contribution in [0, 0.1) is 0 Å². The first kappa shape index (κ1) is 20.3. The van der Waals surface area contributed by atoms with Gasteiger partial charge in [-0.3, -0.25) is 14.2 Å². The van der Waals surface area contributed by atoms with Crippen molar-refractivity contribution >= 4 is 28.7 Å². The van der Waals surface area contributed by atoms with Gasteiger partial charge in [0.05, 0.1) is 25.0 Å². The highest BCUT2D eigenvalue weighted by Gasteiger charge is 2.29. The average molecular weight is 448 g/mol. The fourth-order valence-corrected chi connectivity index (χ4v) is 4.90. The fourth-order valence-electron chi connectivity index (χ4n) is 3.77. The van der Waals surface area contributed by atoms with Gasteiger partial charge in [0.1, 0.15) is 11.1 Å². The van der Waals surface area contributed by atoms with Gasteiger partial charge in [-0.15, -0.1) is 0 Å². The fraction of sp³-hybridized carbons (Fsp3) is 0.217. The van der Waals surface area contributed by atoms with Gasteiger partial charge in [-0.25, -0.2) is 9.67 Å². The first-order valence-electron chi connectivity index (χ1n) is 10.2. The van der Waals surface area contributed by atoms with E-state index in [-0.39, 0.29) is 23.9 Å². The number of nitrogens with zero attached hydrogens (tertiary/aromatic N) is 4. The number of carbonyl (C=O) groups is 1. The average Bonchev–Trinajstić information content (AvgIpc) is 3.43. The molecule has 0 bridgehead atoms. The maximum absolute atomic E-state index is 13.2. The molecule has 0 radical (unpaired) electrons. The van der Waals surface area contributed by atoms with E-state index in [1.165, 1.54) is 11.8 Å². The van der Waals surface area contributed by atoms with Gasteiger partial charge in [0.15, 0.2) is 10.8 Å². The van der Waals surface area contributed by atoms with Crippen molar-refractivity contribution in [3.8, 4) is 11.4 Å². The number of methoxy groups -OCH3 is 1. The zero-order valence-corrected chi connectivity index (χ0v) is 18.2. The van der Waals surface area contributed by atoms with E-state index in [0.717, 1.165) is 17.0 Å². The number of hydrogen-bond acceptors (Lipinski definition) is 6. The van der Waals surface area contributed by atoms with Crippen LogP contribution < -0.4 is 15.6 Å². The Morgan fingerprint density at radius 1 is 1.19 bits per heavy atom. The molecule has 9 heteroatoms. The third kappa shape index (κ3) is 3.75. The van der Waals surface area contributed by atoms with E-state index in [9.17, 15) is 9.59 Å². The first-order chi connectivity index (χ1) is 15.6. The largest absolute Gasteiger partial charge is 0.497 e. The van der Waals surface area contributed by atoms with Crippen LogP contribution >= 0.6 is 11.8 Å². The summed E-state index contributed by atoms with van der Waals surface area (Å²) in [6, 6.07) is 16.9. The number of nitrogens with one attached hydrogen (secondary N) is 1. The summed E-state index contributed by atoms with van der Waals surface area (Å²) in [5.74, 6) is 1.29.